The molecule has 5 rings (SSSR count). The Morgan fingerprint density at radius 1 is 0.889 bits per heavy atom. The molecule has 36 heavy (non-hydrogen) atoms. The van der Waals surface area contributed by atoms with Crippen molar-refractivity contribution in [3.05, 3.63) is 107 Å². The summed E-state index contributed by atoms with van der Waals surface area (Å²) in [5.74, 6) is 0.439. The first-order valence-corrected chi connectivity index (χ1v) is 11.8. The van der Waals surface area contributed by atoms with Crippen LogP contribution in [0.25, 0.3) is 0 Å². The van der Waals surface area contributed by atoms with Crippen molar-refractivity contribution in [3.8, 4) is 5.75 Å². The van der Waals surface area contributed by atoms with Crippen LogP contribution < -0.4 is 9.64 Å². The molecule has 0 saturated carbocycles. The molecule has 0 atom stereocenters. The Hall–Kier alpha value is -4.39. The number of fused-ring (bicyclic) bond motifs is 2. The van der Waals surface area contributed by atoms with Gasteiger partial charge in [0, 0.05) is 0 Å². The molecule has 4 aromatic rings. The molecule has 182 valence electrons. The minimum atomic E-state index is -0.572. The van der Waals surface area contributed by atoms with Crippen molar-refractivity contribution < 1.29 is 23.6 Å². The van der Waals surface area contributed by atoms with E-state index >= 15 is 0 Å². The smallest absolute Gasteiger partial charge is 0.338 e. The second-order valence-corrected chi connectivity index (χ2v) is 8.68. The molecular formula is C29H26N2O5. The molecule has 3 aromatic carbocycles. The first-order valence-electron chi connectivity index (χ1n) is 11.8. The molecule has 1 aliphatic heterocycles. The number of anilines is 2. The van der Waals surface area contributed by atoms with Gasteiger partial charge in [-0.2, -0.15) is 0 Å². The van der Waals surface area contributed by atoms with Crippen molar-refractivity contribution in [3.63, 3.8) is 0 Å². The highest BCUT2D eigenvalue weighted by Gasteiger charge is 2.26. The molecule has 0 saturated heterocycles. The van der Waals surface area contributed by atoms with Gasteiger partial charge in [-0.05, 0) is 74.2 Å². The van der Waals surface area contributed by atoms with Gasteiger partial charge < -0.3 is 14.0 Å². The van der Waals surface area contributed by atoms with E-state index in [4.69, 9.17) is 14.0 Å². The maximum absolute atomic E-state index is 13.3. The summed E-state index contributed by atoms with van der Waals surface area (Å²) < 4.78 is 16.4. The predicted octanol–water partition coefficient (Wildman–Crippen LogP) is 5.49. The highest BCUT2D eigenvalue weighted by Crippen LogP contribution is 2.36. The summed E-state index contributed by atoms with van der Waals surface area (Å²) in [6.45, 7) is 3.64. The van der Waals surface area contributed by atoms with Crippen LogP contribution in [-0.2, 0) is 29.0 Å². The van der Waals surface area contributed by atoms with E-state index in [1.54, 1.807) is 29.2 Å². The number of hydrogen-bond donors (Lipinski definition) is 0. The van der Waals surface area contributed by atoms with Crippen LogP contribution in [0, 0.1) is 13.8 Å². The Morgan fingerprint density at radius 2 is 1.50 bits per heavy atom. The van der Waals surface area contributed by atoms with Gasteiger partial charge in [0.2, 0.25) is 0 Å². The number of para-hydroxylation sites is 2. The molecule has 1 amide bonds. The lowest BCUT2D eigenvalue weighted by atomic mass is 10.0. The van der Waals surface area contributed by atoms with Crippen LogP contribution in [0.2, 0.25) is 0 Å². The summed E-state index contributed by atoms with van der Waals surface area (Å²) in [5.41, 5.74) is 5.83. The van der Waals surface area contributed by atoms with Gasteiger partial charge in [0.05, 0.1) is 28.2 Å². The number of carbonyl (C=O) groups is 2. The molecule has 0 N–H and O–H groups in total. The molecule has 7 nitrogen and oxygen atoms in total. The largest absolute Gasteiger partial charge is 0.489 e. The van der Waals surface area contributed by atoms with Crippen LogP contribution in [0.3, 0.4) is 0 Å². The second kappa shape index (κ2) is 10.1. The molecule has 7 heteroatoms. The highest BCUT2D eigenvalue weighted by molar-refractivity contribution is 6.04. The second-order valence-electron chi connectivity index (χ2n) is 8.68. The fourth-order valence-corrected chi connectivity index (χ4v) is 4.37. The first kappa shape index (κ1) is 23.4. The van der Waals surface area contributed by atoms with Gasteiger partial charge >= 0.3 is 5.97 Å². The van der Waals surface area contributed by atoms with Crippen LogP contribution in [0.1, 0.15) is 38.5 Å². The number of aryl methyl sites for hydroxylation is 4. The lowest BCUT2D eigenvalue weighted by Gasteiger charge is -2.24. The average molecular weight is 483 g/mol. The Kier molecular flexibility index (Phi) is 6.54. The van der Waals surface area contributed by atoms with Crippen LogP contribution in [0.4, 0.5) is 11.4 Å². The van der Waals surface area contributed by atoms with Gasteiger partial charge in [-0.15, -0.1) is 0 Å². The maximum atomic E-state index is 13.3. The third-order valence-electron chi connectivity index (χ3n) is 6.36. The first-order chi connectivity index (χ1) is 17.5. The molecule has 2 heterocycles. The molecule has 0 bridgehead atoms. The van der Waals surface area contributed by atoms with Gasteiger partial charge in [-0.1, -0.05) is 41.6 Å². The minimum Gasteiger partial charge on any atom is -0.489 e. The number of ether oxygens (including phenoxy) is 2. The zero-order chi connectivity index (χ0) is 25.1. The third kappa shape index (κ3) is 4.73. The number of hydrogen-bond acceptors (Lipinski definition) is 6. The highest BCUT2D eigenvalue weighted by atomic mass is 16.5. The normalized spacial score (nSPS) is 12.3. The average Bonchev–Trinajstić information content (AvgIpc) is 3.13. The number of carbonyl (C=O) groups excluding carboxylic acids is 2. The molecule has 0 spiro atoms. The summed E-state index contributed by atoms with van der Waals surface area (Å²) >= 11 is 0. The van der Waals surface area contributed by atoms with E-state index in [-0.39, 0.29) is 12.5 Å². The van der Waals surface area contributed by atoms with Crippen molar-refractivity contribution in [2.24, 2.45) is 0 Å². The van der Waals surface area contributed by atoms with Crippen molar-refractivity contribution >= 4 is 23.3 Å². The number of benzene rings is 3. The van der Waals surface area contributed by atoms with E-state index in [1.165, 1.54) is 0 Å². The standard InChI is InChI=1S/C29H26N2O5/c1-19-25(20(2)36-30-19)17-34-24-15-13-23(14-16-24)29(33)35-18-28(32)31-26-9-5-3-7-21(26)11-12-22-8-4-6-10-27(22)31/h3-10,13-16H,11-12,17-18H2,1-2H3. The van der Waals surface area contributed by atoms with E-state index in [9.17, 15) is 9.59 Å². The summed E-state index contributed by atoms with van der Waals surface area (Å²) in [5, 5.41) is 3.92. The van der Waals surface area contributed by atoms with Crippen molar-refractivity contribution in [1.82, 2.24) is 5.16 Å². The van der Waals surface area contributed by atoms with Gasteiger partial charge in [-0.3, -0.25) is 9.69 Å². The van der Waals surface area contributed by atoms with Crippen LogP contribution in [-0.4, -0.2) is 23.6 Å². The fourth-order valence-electron chi connectivity index (χ4n) is 4.37. The van der Waals surface area contributed by atoms with Gasteiger partial charge in [-0.25, -0.2) is 4.79 Å². The monoisotopic (exact) mass is 482 g/mol. The summed E-state index contributed by atoms with van der Waals surface area (Å²) in [6.07, 6.45) is 1.67. The van der Waals surface area contributed by atoms with Crippen molar-refractivity contribution in [2.45, 2.75) is 33.3 Å². The SMILES string of the molecule is Cc1noc(C)c1COc1ccc(C(=O)OCC(=O)N2c3ccccc3CCc3ccccc32)cc1. The zero-order valence-electron chi connectivity index (χ0n) is 20.2. The lowest BCUT2D eigenvalue weighted by Crippen LogP contribution is -2.31. The number of rotatable bonds is 6. The lowest BCUT2D eigenvalue weighted by molar-refractivity contribution is -0.120. The molecule has 0 aliphatic carbocycles. The third-order valence-corrected chi connectivity index (χ3v) is 6.36. The summed E-state index contributed by atoms with van der Waals surface area (Å²) in [7, 11) is 0. The summed E-state index contributed by atoms with van der Waals surface area (Å²) in [4.78, 5) is 27.7. The molecular weight excluding hydrogens is 456 g/mol. The Morgan fingerprint density at radius 3 is 2.08 bits per heavy atom. The Balaban J connectivity index is 1.25. The van der Waals surface area contributed by atoms with Crippen molar-refractivity contribution in [1.29, 1.82) is 0 Å². The molecule has 0 unspecified atom stereocenters. The zero-order valence-corrected chi connectivity index (χ0v) is 20.2. The molecule has 0 fully saturated rings. The molecule has 1 aromatic heterocycles. The van der Waals surface area contributed by atoms with Crippen LogP contribution in [0.15, 0.2) is 77.3 Å². The summed E-state index contributed by atoms with van der Waals surface area (Å²) in [6, 6.07) is 22.3. The van der Waals surface area contributed by atoms with Gasteiger partial charge in [0.15, 0.2) is 6.61 Å². The van der Waals surface area contributed by atoms with E-state index in [0.717, 1.165) is 46.6 Å². The molecule has 1 aliphatic rings. The fraction of sp³-hybridized carbons (Fsp3) is 0.207. The van der Waals surface area contributed by atoms with Crippen LogP contribution >= 0.6 is 0 Å². The van der Waals surface area contributed by atoms with Crippen molar-refractivity contribution in [2.75, 3.05) is 11.5 Å². The van der Waals surface area contributed by atoms with E-state index in [1.807, 2.05) is 62.4 Å². The number of aromatic nitrogens is 1. The van der Waals surface area contributed by atoms with Gasteiger partial charge in [0.25, 0.3) is 5.91 Å². The number of esters is 1. The van der Waals surface area contributed by atoms with Crippen LogP contribution in [0.5, 0.6) is 5.75 Å². The molecule has 0 radical (unpaired) electrons. The Labute approximate surface area is 209 Å². The predicted molar refractivity (Wildman–Crippen MR) is 134 cm³/mol. The van der Waals surface area contributed by atoms with E-state index in [0.29, 0.717) is 23.7 Å². The van der Waals surface area contributed by atoms with Gasteiger partial charge in [0.1, 0.15) is 18.1 Å². The minimum absolute atomic E-state index is 0.301. The number of nitrogens with zero attached hydrogens (tertiary/aromatic N) is 2. The quantitative estimate of drug-likeness (QED) is 0.338. The maximum Gasteiger partial charge on any atom is 0.338 e. The Bertz CT molecular complexity index is 1340. The van der Waals surface area contributed by atoms with E-state index in [2.05, 4.69) is 5.16 Å². The number of amides is 1. The van der Waals surface area contributed by atoms with E-state index < -0.39 is 5.97 Å². The topological polar surface area (TPSA) is 81.9 Å².